The lowest BCUT2D eigenvalue weighted by molar-refractivity contribution is -0.120. The molecule has 2 amide bonds. The molecule has 1 aliphatic rings. The van der Waals surface area contributed by atoms with Gasteiger partial charge in [0.25, 0.3) is 11.8 Å². The Morgan fingerprint density at radius 2 is 1.59 bits per heavy atom. The first kappa shape index (κ1) is 23.0. The van der Waals surface area contributed by atoms with Gasteiger partial charge in [-0.15, -0.1) is 0 Å². The highest BCUT2D eigenvalue weighted by Gasteiger charge is 2.41. The van der Waals surface area contributed by atoms with E-state index < -0.39 is 17.6 Å². The first-order valence-corrected chi connectivity index (χ1v) is 11.0. The topological polar surface area (TPSA) is 67.9 Å². The lowest BCUT2D eigenvalue weighted by Gasteiger charge is -2.20. The third-order valence-corrected chi connectivity index (χ3v) is 5.12. The zero-order valence-electron chi connectivity index (χ0n) is 19.2. The maximum Gasteiger partial charge on any atom is 0.282 e. The lowest BCUT2D eigenvalue weighted by Crippen LogP contribution is -2.33. The number of carbonyl (C=O) groups is 2. The molecule has 0 aromatic heterocycles. The van der Waals surface area contributed by atoms with Gasteiger partial charge in [0.15, 0.2) is 0 Å². The summed E-state index contributed by atoms with van der Waals surface area (Å²) in [6, 6.07) is 19.4. The van der Waals surface area contributed by atoms with Gasteiger partial charge < -0.3 is 14.8 Å². The van der Waals surface area contributed by atoms with Gasteiger partial charge in [0.05, 0.1) is 24.0 Å². The van der Waals surface area contributed by atoms with E-state index in [0.717, 1.165) is 4.90 Å². The van der Waals surface area contributed by atoms with Crippen LogP contribution in [0.5, 0.6) is 11.5 Å². The predicted molar refractivity (Wildman–Crippen MR) is 129 cm³/mol. The Balaban J connectivity index is 1.77. The summed E-state index contributed by atoms with van der Waals surface area (Å²) in [6.45, 7) is 6.16. The summed E-state index contributed by atoms with van der Waals surface area (Å²) in [5.74, 6) is -0.381. The minimum absolute atomic E-state index is 0.0973. The van der Waals surface area contributed by atoms with E-state index in [1.54, 1.807) is 48.5 Å². The van der Waals surface area contributed by atoms with Crippen molar-refractivity contribution in [2.45, 2.75) is 26.9 Å². The molecule has 34 heavy (non-hydrogen) atoms. The fraction of sp³-hybridized carbons (Fsp3) is 0.185. The van der Waals surface area contributed by atoms with Gasteiger partial charge in [-0.1, -0.05) is 24.3 Å². The maximum atomic E-state index is 13.6. The van der Waals surface area contributed by atoms with Crippen LogP contribution in [0.2, 0.25) is 0 Å². The van der Waals surface area contributed by atoms with E-state index in [9.17, 15) is 14.0 Å². The average Bonchev–Trinajstić information content (AvgIpc) is 3.05. The minimum Gasteiger partial charge on any atom is -0.494 e. The van der Waals surface area contributed by atoms with Crippen LogP contribution in [0.3, 0.4) is 0 Å². The zero-order valence-corrected chi connectivity index (χ0v) is 19.2. The fourth-order valence-electron chi connectivity index (χ4n) is 3.69. The number of rotatable bonds is 8. The zero-order chi connectivity index (χ0) is 24.2. The summed E-state index contributed by atoms with van der Waals surface area (Å²) < 4.78 is 24.9. The molecule has 0 saturated carbocycles. The number of carbonyl (C=O) groups excluding carboxylic acids is 2. The molecule has 6 nitrogen and oxygen atoms in total. The van der Waals surface area contributed by atoms with Gasteiger partial charge in [-0.05, 0) is 74.9 Å². The molecular weight excluding hydrogens is 435 g/mol. The molecule has 7 heteroatoms. The van der Waals surface area contributed by atoms with Crippen molar-refractivity contribution in [3.8, 4) is 11.5 Å². The molecule has 0 radical (unpaired) electrons. The van der Waals surface area contributed by atoms with E-state index in [1.165, 1.54) is 24.3 Å². The number of nitrogens with zero attached hydrogens (tertiary/aromatic N) is 1. The Labute approximate surface area is 197 Å². The molecule has 0 saturated heterocycles. The first-order chi connectivity index (χ1) is 16.4. The quantitative estimate of drug-likeness (QED) is 0.456. The van der Waals surface area contributed by atoms with E-state index in [1.807, 2.05) is 20.8 Å². The Morgan fingerprint density at radius 3 is 2.24 bits per heavy atom. The third-order valence-electron chi connectivity index (χ3n) is 5.12. The summed E-state index contributed by atoms with van der Waals surface area (Å²) in [5.41, 5.74) is 1.62. The summed E-state index contributed by atoms with van der Waals surface area (Å²) in [7, 11) is 0. The maximum absolute atomic E-state index is 13.6. The van der Waals surface area contributed by atoms with Crippen LogP contribution in [-0.2, 0) is 9.59 Å². The van der Waals surface area contributed by atoms with Crippen molar-refractivity contribution >= 4 is 28.8 Å². The number of hydrogen-bond donors (Lipinski definition) is 1. The molecule has 3 aromatic carbocycles. The molecule has 1 heterocycles. The second-order valence-electron chi connectivity index (χ2n) is 7.92. The van der Waals surface area contributed by atoms with Crippen molar-refractivity contribution in [2.75, 3.05) is 16.8 Å². The van der Waals surface area contributed by atoms with Crippen molar-refractivity contribution in [3.63, 3.8) is 0 Å². The van der Waals surface area contributed by atoms with Gasteiger partial charge in [0, 0.05) is 5.69 Å². The van der Waals surface area contributed by atoms with Crippen molar-refractivity contribution in [2.24, 2.45) is 0 Å². The Hall–Kier alpha value is -4.13. The van der Waals surface area contributed by atoms with Gasteiger partial charge in [0.1, 0.15) is 23.0 Å². The molecule has 3 aromatic rings. The van der Waals surface area contributed by atoms with E-state index in [2.05, 4.69) is 5.32 Å². The molecule has 1 N–H and O–H groups in total. The summed E-state index contributed by atoms with van der Waals surface area (Å²) in [4.78, 5) is 28.3. The summed E-state index contributed by atoms with van der Waals surface area (Å²) in [5, 5.41) is 3.09. The third kappa shape index (κ3) is 4.64. The molecule has 0 atom stereocenters. The number of para-hydroxylation sites is 2. The predicted octanol–water partition coefficient (Wildman–Crippen LogP) is 5.41. The number of amides is 2. The van der Waals surface area contributed by atoms with E-state index in [-0.39, 0.29) is 17.4 Å². The van der Waals surface area contributed by atoms with Gasteiger partial charge >= 0.3 is 0 Å². The second-order valence-corrected chi connectivity index (χ2v) is 7.92. The van der Waals surface area contributed by atoms with Gasteiger partial charge in [-0.2, -0.15) is 0 Å². The molecule has 0 unspecified atom stereocenters. The largest absolute Gasteiger partial charge is 0.494 e. The molecule has 0 fully saturated rings. The summed E-state index contributed by atoms with van der Waals surface area (Å²) >= 11 is 0. The summed E-state index contributed by atoms with van der Waals surface area (Å²) in [6.07, 6.45) is -0.153. The van der Waals surface area contributed by atoms with Gasteiger partial charge in [0.2, 0.25) is 0 Å². The number of ether oxygens (including phenoxy) is 2. The number of halogens is 1. The normalized spacial score (nSPS) is 13.6. The van der Waals surface area contributed by atoms with Crippen molar-refractivity contribution in [1.29, 1.82) is 0 Å². The van der Waals surface area contributed by atoms with Crippen LogP contribution in [0.25, 0.3) is 5.57 Å². The smallest absolute Gasteiger partial charge is 0.282 e. The Morgan fingerprint density at radius 1 is 0.912 bits per heavy atom. The molecule has 0 bridgehead atoms. The van der Waals surface area contributed by atoms with Crippen LogP contribution in [0.4, 0.5) is 15.8 Å². The molecule has 0 spiro atoms. The highest BCUT2D eigenvalue weighted by Crippen LogP contribution is 2.38. The molecule has 0 aliphatic carbocycles. The number of anilines is 2. The molecule has 1 aliphatic heterocycles. The Kier molecular flexibility index (Phi) is 6.63. The standard InChI is InChI=1S/C27H25FN2O4/c1-4-33-21-15-13-20(14-16-21)29-25-24(18-9-11-19(28)12-10-18)26(31)30(27(25)32)22-7-5-6-8-23(22)34-17(2)3/h5-17,29H,4H2,1-3H3. The van der Waals surface area contributed by atoms with E-state index in [4.69, 9.17) is 9.47 Å². The molecule has 4 rings (SSSR count). The first-order valence-electron chi connectivity index (χ1n) is 11.0. The van der Waals surface area contributed by atoms with Crippen LogP contribution in [0, 0.1) is 5.82 Å². The van der Waals surface area contributed by atoms with Crippen LogP contribution in [0.1, 0.15) is 26.3 Å². The SMILES string of the molecule is CCOc1ccc(NC2=C(c3ccc(F)cc3)C(=O)N(c3ccccc3OC(C)C)C2=O)cc1. The highest BCUT2D eigenvalue weighted by atomic mass is 19.1. The van der Waals surface area contributed by atoms with Gasteiger partial charge in [-0.3, -0.25) is 9.59 Å². The number of imide groups is 1. The van der Waals surface area contributed by atoms with Crippen LogP contribution in [0.15, 0.2) is 78.5 Å². The van der Waals surface area contributed by atoms with Crippen LogP contribution < -0.4 is 19.7 Å². The van der Waals surface area contributed by atoms with Crippen molar-refractivity contribution < 1.29 is 23.5 Å². The Bertz CT molecular complexity index is 1230. The van der Waals surface area contributed by atoms with E-state index >= 15 is 0 Å². The molecule has 174 valence electrons. The lowest BCUT2D eigenvalue weighted by atomic mass is 10.0. The number of hydrogen-bond acceptors (Lipinski definition) is 5. The minimum atomic E-state index is -0.530. The van der Waals surface area contributed by atoms with Crippen LogP contribution in [-0.4, -0.2) is 24.5 Å². The average molecular weight is 461 g/mol. The van der Waals surface area contributed by atoms with E-state index in [0.29, 0.717) is 35.0 Å². The monoisotopic (exact) mass is 460 g/mol. The second kappa shape index (κ2) is 9.79. The highest BCUT2D eigenvalue weighted by molar-refractivity contribution is 6.46. The number of benzene rings is 3. The van der Waals surface area contributed by atoms with Crippen molar-refractivity contribution in [1.82, 2.24) is 0 Å². The van der Waals surface area contributed by atoms with Crippen molar-refractivity contribution in [3.05, 3.63) is 89.9 Å². The van der Waals surface area contributed by atoms with Crippen LogP contribution >= 0.6 is 0 Å². The fourth-order valence-corrected chi connectivity index (χ4v) is 3.69. The number of nitrogens with one attached hydrogen (secondary N) is 1. The van der Waals surface area contributed by atoms with Gasteiger partial charge in [-0.25, -0.2) is 9.29 Å². The molecular formula is C27H25FN2O4.